The van der Waals surface area contributed by atoms with Crippen molar-refractivity contribution >= 4 is 5.97 Å². The molecule has 18 heavy (non-hydrogen) atoms. The van der Waals surface area contributed by atoms with Crippen molar-refractivity contribution in [3.05, 3.63) is 48.3 Å². The summed E-state index contributed by atoms with van der Waals surface area (Å²) in [5.41, 5.74) is 1.79. The van der Waals surface area contributed by atoms with Crippen LogP contribution < -0.4 is 5.32 Å². The summed E-state index contributed by atoms with van der Waals surface area (Å²) < 4.78 is 1.77. The molecule has 5 nitrogen and oxygen atoms in total. The first-order valence-electron chi connectivity index (χ1n) is 5.73. The van der Waals surface area contributed by atoms with Crippen LogP contribution in [0.4, 0.5) is 0 Å². The van der Waals surface area contributed by atoms with E-state index in [4.69, 9.17) is 5.11 Å². The molecule has 1 heterocycles. The molecule has 1 aromatic heterocycles. The maximum atomic E-state index is 10.7. The highest BCUT2D eigenvalue weighted by Gasteiger charge is 2.10. The Morgan fingerprint density at radius 3 is 2.78 bits per heavy atom. The van der Waals surface area contributed by atoms with E-state index in [0.717, 1.165) is 11.4 Å². The molecule has 1 aromatic carbocycles. The van der Waals surface area contributed by atoms with Crippen molar-refractivity contribution < 1.29 is 9.90 Å². The lowest BCUT2D eigenvalue weighted by molar-refractivity contribution is -0.139. The monoisotopic (exact) mass is 245 g/mol. The Morgan fingerprint density at radius 2 is 2.11 bits per heavy atom. The van der Waals surface area contributed by atoms with Gasteiger partial charge < -0.3 is 5.11 Å². The van der Waals surface area contributed by atoms with Gasteiger partial charge in [0.15, 0.2) is 0 Å². The summed E-state index contributed by atoms with van der Waals surface area (Å²) >= 11 is 0. The van der Waals surface area contributed by atoms with Crippen LogP contribution >= 0.6 is 0 Å². The molecular weight excluding hydrogens is 230 g/mol. The zero-order chi connectivity index (χ0) is 13.0. The third kappa shape index (κ3) is 2.95. The summed E-state index contributed by atoms with van der Waals surface area (Å²) in [7, 11) is 0. The van der Waals surface area contributed by atoms with Gasteiger partial charge in [-0.05, 0) is 25.1 Å². The molecule has 5 heteroatoms. The molecule has 0 spiro atoms. The number of carbonyl (C=O) groups is 1. The molecule has 0 aliphatic rings. The largest absolute Gasteiger partial charge is 0.480 e. The molecule has 2 aromatic rings. The molecule has 0 bridgehead atoms. The normalized spacial score (nSPS) is 12.3. The SMILES string of the molecule is C[C@H](NCc1ccn(-c2ccccc2)n1)C(=O)O. The molecular formula is C13H15N3O2. The van der Waals surface area contributed by atoms with E-state index < -0.39 is 12.0 Å². The van der Waals surface area contributed by atoms with Crippen LogP contribution in [0.1, 0.15) is 12.6 Å². The summed E-state index contributed by atoms with van der Waals surface area (Å²) in [5.74, 6) is -0.863. The quantitative estimate of drug-likeness (QED) is 0.836. The number of aromatic nitrogens is 2. The number of nitrogens with zero attached hydrogens (tertiary/aromatic N) is 2. The van der Waals surface area contributed by atoms with Crippen molar-refractivity contribution in [3.8, 4) is 5.69 Å². The van der Waals surface area contributed by atoms with E-state index in [2.05, 4.69) is 10.4 Å². The minimum absolute atomic E-state index is 0.438. The number of carboxylic acids is 1. The van der Waals surface area contributed by atoms with E-state index in [1.165, 1.54) is 0 Å². The van der Waals surface area contributed by atoms with Crippen LogP contribution in [0.5, 0.6) is 0 Å². The Balaban J connectivity index is 2.01. The number of aliphatic carboxylic acids is 1. The van der Waals surface area contributed by atoms with Gasteiger partial charge in [-0.15, -0.1) is 0 Å². The smallest absolute Gasteiger partial charge is 0.320 e. The predicted molar refractivity (Wildman–Crippen MR) is 67.5 cm³/mol. The van der Waals surface area contributed by atoms with Gasteiger partial charge in [-0.25, -0.2) is 4.68 Å². The Kier molecular flexibility index (Phi) is 3.74. The van der Waals surface area contributed by atoms with Crippen LogP contribution in [0.2, 0.25) is 0 Å². The highest BCUT2D eigenvalue weighted by Crippen LogP contribution is 2.06. The fourth-order valence-corrected chi connectivity index (χ4v) is 1.53. The third-order valence-electron chi connectivity index (χ3n) is 2.62. The zero-order valence-corrected chi connectivity index (χ0v) is 10.1. The first kappa shape index (κ1) is 12.3. The number of para-hydroxylation sites is 1. The van der Waals surface area contributed by atoms with Gasteiger partial charge in [0.25, 0.3) is 0 Å². The second-order valence-corrected chi connectivity index (χ2v) is 4.03. The lowest BCUT2D eigenvalue weighted by atomic mass is 10.3. The van der Waals surface area contributed by atoms with Gasteiger partial charge in [-0.2, -0.15) is 5.10 Å². The Labute approximate surface area is 105 Å². The van der Waals surface area contributed by atoms with Crippen LogP contribution in [-0.2, 0) is 11.3 Å². The highest BCUT2D eigenvalue weighted by molar-refractivity contribution is 5.72. The molecule has 0 aliphatic carbocycles. The Morgan fingerprint density at radius 1 is 1.39 bits per heavy atom. The molecule has 1 atom stereocenters. The zero-order valence-electron chi connectivity index (χ0n) is 10.1. The molecule has 0 amide bonds. The van der Waals surface area contributed by atoms with Crippen LogP contribution in [0.3, 0.4) is 0 Å². The number of nitrogens with one attached hydrogen (secondary N) is 1. The lowest BCUT2D eigenvalue weighted by Crippen LogP contribution is -2.33. The number of hydrogen-bond donors (Lipinski definition) is 2. The maximum Gasteiger partial charge on any atom is 0.320 e. The summed E-state index contributed by atoms with van der Waals surface area (Å²) in [4.78, 5) is 10.7. The van der Waals surface area contributed by atoms with Gasteiger partial charge >= 0.3 is 5.97 Å². The fraction of sp³-hybridized carbons (Fsp3) is 0.231. The minimum Gasteiger partial charge on any atom is -0.480 e. The molecule has 0 fully saturated rings. The number of benzene rings is 1. The van der Waals surface area contributed by atoms with E-state index in [-0.39, 0.29) is 0 Å². The third-order valence-corrected chi connectivity index (χ3v) is 2.62. The highest BCUT2D eigenvalue weighted by atomic mass is 16.4. The van der Waals surface area contributed by atoms with Gasteiger partial charge in [0.05, 0.1) is 11.4 Å². The predicted octanol–water partition coefficient (Wildman–Crippen LogP) is 1.44. The van der Waals surface area contributed by atoms with E-state index in [9.17, 15) is 4.79 Å². The van der Waals surface area contributed by atoms with Crippen molar-refractivity contribution in [1.82, 2.24) is 15.1 Å². The van der Waals surface area contributed by atoms with Gasteiger partial charge in [0.2, 0.25) is 0 Å². The van der Waals surface area contributed by atoms with Crippen molar-refractivity contribution in [1.29, 1.82) is 0 Å². The van der Waals surface area contributed by atoms with E-state index in [1.807, 2.05) is 42.6 Å². The first-order chi connectivity index (χ1) is 8.66. The standard InChI is InChI=1S/C13H15N3O2/c1-10(13(17)18)14-9-11-7-8-16(15-11)12-5-3-2-4-6-12/h2-8,10,14H,9H2,1H3,(H,17,18)/t10-/m0/s1. The first-order valence-corrected chi connectivity index (χ1v) is 5.73. The summed E-state index contributed by atoms with van der Waals surface area (Å²) in [6.07, 6.45) is 1.86. The molecule has 2 rings (SSSR count). The Bertz CT molecular complexity index is 522. The van der Waals surface area contributed by atoms with Crippen molar-refractivity contribution in [2.75, 3.05) is 0 Å². The van der Waals surface area contributed by atoms with Crippen LogP contribution in [0.15, 0.2) is 42.6 Å². The topological polar surface area (TPSA) is 67.2 Å². The summed E-state index contributed by atoms with van der Waals surface area (Å²) in [6, 6.07) is 11.1. The Hall–Kier alpha value is -2.14. The lowest BCUT2D eigenvalue weighted by Gasteiger charge is -2.06. The second-order valence-electron chi connectivity index (χ2n) is 4.03. The van der Waals surface area contributed by atoms with Crippen LogP contribution in [0, 0.1) is 0 Å². The molecule has 94 valence electrons. The number of hydrogen-bond acceptors (Lipinski definition) is 3. The average Bonchev–Trinajstić information content (AvgIpc) is 2.85. The van der Waals surface area contributed by atoms with Crippen LogP contribution in [0.25, 0.3) is 5.69 Å². The number of rotatable bonds is 5. The molecule has 0 radical (unpaired) electrons. The fourth-order valence-electron chi connectivity index (χ4n) is 1.53. The minimum atomic E-state index is -0.863. The van der Waals surface area contributed by atoms with Crippen molar-refractivity contribution in [2.45, 2.75) is 19.5 Å². The average molecular weight is 245 g/mol. The molecule has 0 aliphatic heterocycles. The summed E-state index contributed by atoms with van der Waals surface area (Å²) in [5, 5.41) is 16.0. The van der Waals surface area contributed by atoms with Gasteiger partial charge in [-0.3, -0.25) is 10.1 Å². The van der Waals surface area contributed by atoms with Gasteiger partial charge in [0.1, 0.15) is 6.04 Å². The molecule has 0 saturated heterocycles. The summed E-state index contributed by atoms with van der Waals surface area (Å²) in [6.45, 7) is 2.05. The van der Waals surface area contributed by atoms with Crippen LogP contribution in [-0.4, -0.2) is 26.9 Å². The number of carboxylic acid groups (broad SMARTS) is 1. The van der Waals surface area contributed by atoms with Gasteiger partial charge in [-0.1, -0.05) is 18.2 Å². The van der Waals surface area contributed by atoms with E-state index in [1.54, 1.807) is 11.6 Å². The second kappa shape index (κ2) is 5.46. The maximum absolute atomic E-state index is 10.7. The molecule has 0 unspecified atom stereocenters. The molecule has 2 N–H and O–H groups in total. The van der Waals surface area contributed by atoms with Crippen molar-refractivity contribution in [2.24, 2.45) is 0 Å². The van der Waals surface area contributed by atoms with Gasteiger partial charge in [0, 0.05) is 12.7 Å². The van der Waals surface area contributed by atoms with E-state index >= 15 is 0 Å². The molecule has 0 saturated carbocycles. The van der Waals surface area contributed by atoms with E-state index in [0.29, 0.717) is 6.54 Å². The van der Waals surface area contributed by atoms with Crippen molar-refractivity contribution in [3.63, 3.8) is 0 Å².